The lowest BCUT2D eigenvalue weighted by molar-refractivity contribution is -0.117. The Kier molecular flexibility index (Phi) is 11.6. The monoisotopic (exact) mass is 412 g/mol. The van der Waals surface area contributed by atoms with E-state index in [2.05, 4.69) is 20.1 Å². The van der Waals surface area contributed by atoms with Gasteiger partial charge in [-0.15, -0.1) is 37.2 Å². The average Bonchev–Trinajstić information content (AvgIpc) is 3.35. The summed E-state index contributed by atoms with van der Waals surface area (Å²) in [6.07, 6.45) is 5.52. The smallest absolute Gasteiger partial charge is 0.238 e. The third-order valence-electron chi connectivity index (χ3n) is 4.39. The van der Waals surface area contributed by atoms with Gasteiger partial charge >= 0.3 is 0 Å². The zero-order valence-electron chi connectivity index (χ0n) is 14.0. The van der Waals surface area contributed by atoms with Gasteiger partial charge in [-0.1, -0.05) is 0 Å². The fourth-order valence-electron chi connectivity index (χ4n) is 2.86. The normalized spacial score (nSPS) is 18.9. The summed E-state index contributed by atoms with van der Waals surface area (Å²) in [5.74, 6) is 0.530. The minimum atomic E-state index is -0.166. The number of pyridine rings is 1. The zero-order chi connectivity index (χ0) is 15.4. The first-order valence-electron chi connectivity index (χ1n) is 8.03. The van der Waals surface area contributed by atoms with Crippen molar-refractivity contribution >= 4 is 48.8 Å². The van der Waals surface area contributed by atoms with E-state index in [-0.39, 0.29) is 49.2 Å². The molecule has 0 radical (unpaired) electrons. The Morgan fingerprint density at radius 1 is 1.20 bits per heavy atom. The molecule has 1 atom stereocenters. The van der Waals surface area contributed by atoms with Crippen molar-refractivity contribution in [1.29, 1.82) is 0 Å². The number of amides is 1. The van der Waals surface area contributed by atoms with Gasteiger partial charge in [-0.3, -0.25) is 19.6 Å². The van der Waals surface area contributed by atoms with E-state index in [4.69, 9.17) is 0 Å². The lowest BCUT2D eigenvalue weighted by Gasteiger charge is -2.35. The Labute approximate surface area is 167 Å². The molecule has 1 saturated heterocycles. The van der Waals surface area contributed by atoms with Gasteiger partial charge in [0.1, 0.15) is 0 Å². The maximum atomic E-state index is 12.0. The number of aliphatic hydroxyl groups is 1. The molecule has 2 fully saturated rings. The maximum Gasteiger partial charge on any atom is 0.238 e. The van der Waals surface area contributed by atoms with Crippen molar-refractivity contribution in [3.05, 3.63) is 24.5 Å². The van der Waals surface area contributed by atoms with Crippen molar-refractivity contribution in [2.75, 3.05) is 44.6 Å². The molecule has 1 aliphatic carbocycles. The van der Waals surface area contributed by atoms with Gasteiger partial charge in [0.15, 0.2) is 0 Å². The van der Waals surface area contributed by atoms with E-state index in [0.717, 1.165) is 38.4 Å². The number of β-amino-alcohol motifs (C(OH)–C–C–N with tert-alkyl or cyclic N) is 1. The molecule has 0 aromatic carbocycles. The first-order chi connectivity index (χ1) is 10.7. The third kappa shape index (κ3) is 8.07. The highest BCUT2D eigenvalue weighted by molar-refractivity contribution is 5.92. The molecule has 3 rings (SSSR count). The molecule has 1 aromatic heterocycles. The number of nitrogens with one attached hydrogen (secondary N) is 1. The van der Waals surface area contributed by atoms with E-state index < -0.39 is 0 Å². The number of hydrogen-bond acceptors (Lipinski definition) is 5. The number of aromatic nitrogens is 1. The quantitative estimate of drug-likeness (QED) is 0.742. The van der Waals surface area contributed by atoms with Crippen molar-refractivity contribution < 1.29 is 9.90 Å². The van der Waals surface area contributed by atoms with E-state index in [1.165, 1.54) is 12.8 Å². The number of halogens is 3. The lowest BCUT2D eigenvalue weighted by atomic mass is 10.2. The minimum absolute atomic E-state index is 0. The Bertz CT molecular complexity index is 497. The molecule has 9 heteroatoms. The third-order valence-corrected chi connectivity index (χ3v) is 4.39. The van der Waals surface area contributed by atoms with E-state index in [1.807, 2.05) is 6.07 Å². The van der Waals surface area contributed by atoms with Crippen LogP contribution in [0.25, 0.3) is 0 Å². The second-order valence-electron chi connectivity index (χ2n) is 6.27. The summed E-state index contributed by atoms with van der Waals surface area (Å²) >= 11 is 0. The number of anilines is 1. The summed E-state index contributed by atoms with van der Waals surface area (Å²) in [6.45, 7) is 4.78. The van der Waals surface area contributed by atoms with Crippen LogP contribution in [0.15, 0.2) is 24.5 Å². The summed E-state index contributed by atoms with van der Waals surface area (Å²) < 4.78 is 0. The molecule has 1 saturated carbocycles. The molecular formula is C16H27Cl3N4O2. The van der Waals surface area contributed by atoms with Crippen LogP contribution >= 0.6 is 37.2 Å². The number of aliphatic hydroxyl groups excluding tert-OH is 1. The Morgan fingerprint density at radius 3 is 2.40 bits per heavy atom. The van der Waals surface area contributed by atoms with Gasteiger partial charge in [0.05, 0.1) is 24.5 Å². The molecule has 0 bridgehead atoms. The van der Waals surface area contributed by atoms with Crippen molar-refractivity contribution in [3.8, 4) is 0 Å². The van der Waals surface area contributed by atoms with Crippen LogP contribution in [-0.2, 0) is 4.79 Å². The fourth-order valence-corrected chi connectivity index (χ4v) is 2.86. The highest BCUT2D eigenvalue weighted by atomic mass is 35.5. The first-order valence-corrected chi connectivity index (χ1v) is 8.03. The number of carbonyl (C=O) groups is 1. The summed E-state index contributed by atoms with van der Waals surface area (Å²) in [5, 5.41) is 12.9. The average molecular weight is 414 g/mol. The number of rotatable bonds is 6. The molecule has 0 spiro atoms. The van der Waals surface area contributed by atoms with Gasteiger partial charge in [0.2, 0.25) is 5.91 Å². The van der Waals surface area contributed by atoms with Crippen molar-refractivity contribution in [1.82, 2.24) is 14.8 Å². The molecule has 1 unspecified atom stereocenters. The highest BCUT2D eigenvalue weighted by Gasteiger charge is 2.31. The SMILES string of the molecule is Cl.Cl.Cl.O=C(CN1CCN(CC(O)C2CC2)CC1)Nc1cccnc1. The number of piperazine rings is 1. The first kappa shape index (κ1) is 24.4. The standard InChI is InChI=1S/C16H24N4O2.3ClH/c21-15(13-3-4-13)11-19-6-8-20(9-7-19)12-16(22)18-14-2-1-5-17-10-14;;;/h1-2,5,10,13,15,21H,3-4,6-9,11-12H2,(H,18,22);3*1H. The van der Waals surface area contributed by atoms with Crippen LogP contribution in [0.2, 0.25) is 0 Å². The Balaban J connectivity index is 0.00000192. The second kappa shape index (κ2) is 11.9. The van der Waals surface area contributed by atoms with Gasteiger partial charge in [-0.2, -0.15) is 0 Å². The molecule has 1 amide bonds. The largest absolute Gasteiger partial charge is 0.392 e. The molecule has 25 heavy (non-hydrogen) atoms. The minimum Gasteiger partial charge on any atom is -0.392 e. The fraction of sp³-hybridized carbons (Fsp3) is 0.625. The molecule has 6 nitrogen and oxygen atoms in total. The van der Waals surface area contributed by atoms with Gasteiger partial charge < -0.3 is 10.4 Å². The van der Waals surface area contributed by atoms with Crippen LogP contribution < -0.4 is 5.32 Å². The van der Waals surface area contributed by atoms with Crippen LogP contribution in [0.1, 0.15) is 12.8 Å². The number of hydrogen-bond donors (Lipinski definition) is 2. The molecule has 2 heterocycles. The van der Waals surface area contributed by atoms with Crippen molar-refractivity contribution in [3.63, 3.8) is 0 Å². The van der Waals surface area contributed by atoms with Crippen LogP contribution in [-0.4, -0.2) is 71.2 Å². The van der Waals surface area contributed by atoms with Crippen LogP contribution in [0.4, 0.5) is 5.69 Å². The van der Waals surface area contributed by atoms with E-state index in [9.17, 15) is 9.90 Å². The van der Waals surface area contributed by atoms with E-state index >= 15 is 0 Å². The van der Waals surface area contributed by atoms with Gasteiger partial charge in [-0.25, -0.2) is 0 Å². The molecule has 2 aliphatic rings. The van der Waals surface area contributed by atoms with Gasteiger partial charge in [-0.05, 0) is 30.9 Å². The molecule has 2 N–H and O–H groups in total. The van der Waals surface area contributed by atoms with Crippen molar-refractivity contribution in [2.45, 2.75) is 18.9 Å². The van der Waals surface area contributed by atoms with E-state index in [1.54, 1.807) is 18.5 Å². The van der Waals surface area contributed by atoms with E-state index in [0.29, 0.717) is 12.5 Å². The summed E-state index contributed by atoms with van der Waals surface area (Å²) in [5.41, 5.74) is 0.735. The maximum absolute atomic E-state index is 12.0. The second-order valence-corrected chi connectivity index (χ2v) is 6.27. The topological polar surface area (TPSA) is 68.7 Å². The van der Waals surface area contributed by atoms with Crippen LogP contribution in [0.5, 0.6) is 0 Å². The predicted molar refractivity (Wildman–Crippen MR) is 106 cm³/mol. The summed E-state index contributed by atoms with van der Waals surface area (Å²) in [4.78, 5) is 20.4. The zero-order valence-corrected chi connectivity index (χ0v) is 16.5. The Morgan fingerprint density at radius 2 is 1.84 bits per heavy atom. The molecule has 144 valence electrons. The van der Waals surface area contributed by atoms with Gasteiger partial charge in [0.25, 0.3) is 0 Å². The Hall–Kier alpha value is -0.630. The van der Waals surface area contributed by atoms with Crippen LogP contribution in [0.3, 0.4) is 0 Å². The molecule has 1 aliphatic heterocycles. The van der Waals surface area contributed by atoms with Crippen LogP contribution in [0, 0.1) is 5.92 Å². The highest BCUT2D eigenvalue weighted by Crippen LogP contribution is 2.32. The predicted octanol–water partition coefficient (Wildman–Crippen LogP) is 1.67. The summed E-state index contributed by atoms with van der Waals surface area (Å²) in [7, 11) is 0. The van der Waals surface area contributed by atoms with Crippen molar-refractivity contribution in [2.24, 2.45) is 5.92 Å². The number of carbonyl (C=O) groups excluding carboxylic acids is 1. The lowest BCUT2D eigenvalue weighted by Crippen LogP contribution is -2.50. The molecule has 1 aromatic rings. The number of nitrogens with zero attached hydrogens (tertiary/aromatic N) is 3. The van der Waals surface area contributed by atoms with Gasteiger partial charge in [0, 0.05) is 38.9 Å². The molecular weight excluding hydrogens is 387 g/mol. The summed E-state index contributed by atoms with van der Waals surface area (Å²) in [6, 6.07) is 3.64.